The van der Waals surface area contributed by atoms with Crippen LogP contribution in [0.2, 0.25) is 5.28 Å². The van der Waals surface area contributed by atoms with Crippen molar-refractivity contribution in [3.63, 3.8) is 0 Å². The molecule has 0 atom stereocenters. The van der Waals surface area contributed by atoms with Crippen LogP contribution < -0.4 is 5.32 Å². The van der Waals surface area contributed by atoms with Gasteiger partial charge in [-0.25, -0.2) is 13.8 Å². The zero-order chi connectivity index (χ0) is 14.8. The Hall–Kier alpha value is -2.61. The van der Waals surface area contributed by atoms with E-state index in [-0.39, 0.29) is 22.9 Å². The first-order valence-corrected chi connectivity index (χ1v) is 6.11. The zero-order valence-electron chi connectivity index (χ0n) is 10.3. The van der Waals surface area contributed by atoms with Gasteiger partial charge in [0.05, 0.1) is 5.69 Å². The summed E-state index contributed by atoms with van der Waals surface area (Å²) in [6, 6.07) is 3.10. The fourth-order valence-electron chi connectivity index (χ4n) is 1.60. The summed E-state index contributed by atoms with van der Waals surface area (Å²) in [5.74, 6) is -1.19. The van der Waals surface area contributed by atoms with Crippen LogP contribution in [0.5, 0.6) is 0 Å². The SMILES string of the molecule is Fc1ccc(Nc2nc(Cl)nc(-n3ccnc3)n2)c(F)c1. The number of aromatic nitrogens is 5. The third-order valence-electron chi connectivity index (χ3n) is 2.51. The van der Waals surface area contributed by atoms with Crippen molar-refractivity contribution < 1.29 is 8.78 Å². The Balaban J connectivity index is 1.95. The first-order chi connectivity index (χ1) is 10.1. The molecule has 1 aromatic carbocycles. The third-order valence-corrected chi connectivity index (χ3v) is 2.68. The predicted molar refractivity (Wildman–Crippen MR) is 71.6 cm³/mol. The van der Waals surface area contributed by atoms with Crippen LogP contribution in [0.25, 0.3) is 5.95 Å². The molecule has 0 fully saturated rings. The summed E-state index contributed by atoms with van der Waals surface area (Å²) >= 11 is 5.81. The van der Waals surface area contributed by atoms with Crippen LogP contribution >= 0.6 is 11.6 Å². The smallest absolute Gasteiger partial charge is 0.241 e. The van der Waals surface area contributed by atoms with Crippen LogP contribution in [0.4, 0.5) is 20.4 Å². The van der Waals surface area contributed by atoms with Gasteiger partial charge in [0, 0.05) is 18.5 Å². The van der Waals surface area contributed by atoms with Crippen LogP contribution in [0.3, 0.4) is 0 Å². The molecule has 6 nitrogen and oxygen atoms in total. The van der Waals surface area contributed by atoms with Crippen LogP contribution in [-0.2, 0) is 0 Å². The minimum Gasteiger partial charge on any atom is -0.321 e. The lowest BCUT2D eigenvalue weighted by Crippen LogP contribution is -2.06. The zero-order valence-corrected chi connectivity index (χ0v) is 11.1. The highest BCUT2D eigenvalue weighted by molar-refractivity contribution is 6.28. The van der Waals surface area contributed by atoms with Gasteiger partial charge in [0.1, 0.15) is 18.0 Å². The first kappa shape index (κ1) is 13.4. The number of nitrogens with one attached hydrogen (secondary N) is 1. The highest BCUT2D eigenvalue weighted by atomic mass is 35.5. The van der Waals surface area contributed by atoms with Crippen molar-refractivity contribution in [1.82, 2.24) is 24.5 Å². The van der Waals surface area contributed by atoms with Gasteiger partial charge in [-0.2, -0.15) is 15.0 Å². The van der Waals surface area contributed by atoms with Gasteiger partial charge in [-0.3, -0.25) is 4.57 Å². The number of hydrogen-bond donors (Lipinski definition) is 1. The summed E-state index contributed by atoms with van der Waals surface area (Å²) in [6.45, 7) is 0. The monoisotopic (exact) mass is 308 g/mol. The van der Waals surface area contributed by atoms with Crippen molar-refractivity contribution in [2.45, 2.75) is 0 Å². The maximum atomic E-state index is 13.6. The topological polar surface area (TPSA) is 68.5 Å². The van der Waals surface area contributed by atoms with Crippen molar-refractivity contribution in [2.75, 3.05) is 5.32 Å². The maximum absolute atomic E-state index is 13.6. The average Bonchev–Trinajstić information content (AvgIpc) is 2.95. The predicted octanol–water partition coefficient (Wildman–Crippen LogP) is 2.73. The van der Waals surface area contributed by atoms with Gasteiger partial charge in [0.25, 0.3) is 0 Å². The van der Waals surface area contributed by atoms with E-state index < -0.39 is 11.6 Å². The van der Waals surface area contributed by atoms with Crippen molar-refractivity contribution in [3.8, 4) is 5.95 Å². The average molecular weight is 309 g/mol. The number of hydrogen-bond acceptors (Lipinski definition) is 5. The molecular formula is C12H7ClF2N6. The van der Waals surface area contributed by atoms with Crippen molar-refractivity contribution >= 4 is 23.2 Å². The van der Waals surface area contributed by atoms with Crippen molar-refractivity contribution in [2.24, 2.45) is 0 Å². The van der Waals surface area contributed by atoms with Gasteiger partial charge in [0.15, 0.2) is 0 Å². The minimum absolute atomic E-state index is 0.0234. The van der Waals surface area contributed by atoms with Gasteiger partial charge in [0.2, 0.25) is 17.2 Å². The molecule has 3 aromatic rings. The lowest BCUT2D eigenvalue weighted by Gasteiger charge is -2.07. The highest BCUT2D eigenvalue weighted by Gasteiger charge is 2.09. The summed E-state index contributed by atoms with van der Waals surface area (Å²) < 4.78 is 28.0. The molecule has 2 aromatic heterocycles. The molecule has 2 heterocycles. The van der Waals surface area contributed by atoms with E-state index in [1.54, 1.807) is 12.4 Å². The summed E-state index contributed by atoms with van der Waals surface area (Å²) in [5, 5.41) is 2.55. The van der Waals surface area contributed by atoms with Crippen molar-refractivity contribution in [1.29, 1.82) is 0 Å². The molecular weight excluding hydrogens is 302 g/mol. The van der Waals surface area contributed by atoms with E-state index in [4.69, 9.17) is 11.6 Å². The van der Waals surface area contributed by atoms with Gasteiger partial charge >= 0.3 is 0 Å². The second-order valence-electron chi connectivity index (χ2n) is 3.95. The number of nitrogens with zero attached hydrogens (tertiary/aromatic N) is 5. The van der Waals surface area contributed by atoms with Crippen LogP contribution in [-0.4, -0.2) is 24.5 Å². The van der Waals surface area contributed by atoms with Crippen LogP contribution in [0, 0.1) is 11.6 Å². The van der Waals surface area contributed by atoms with E-state index in [0.717, 1.165) is 12.1 Å². The van der Waals surface area contributed by atoms with E-state index in [1.807, 2.05) is 0 Å². The van der Waals surface area contributed by atoms with E-state index in [2.05, 4.69) is 25.3 Å². The molecule has 106 valence electrons. The molecule has 0 radical (unpaired) electrons. The molecule has 0 aliphatic carbocycles. The number of imidazole rings is 1. The number of benzene rings is 1. The third kappa shape index (κ3) is 2.95. The lowest BCUT2D eigenvalue weighted by atomic mass is 10.3. The maximum Gasteiger partial charge on any atom is 0.241 e. The summed E-state index contributed by atoms with van der Waals surface area (Å²) in [7, 11) is 0. The van der Waals surface area contributed by atoms with Gasteiger partial charge in [-0.15, -0.1) is 0 Å². The van der Waals surface area contributed by atoms with Gasteiger partial charge in [-0.1, -0.05) is 0 Å². The molecule has 0 bridgehead atoms. The molecule has 0 saturated heterocycles. The second kappa shape index (κ2) is 5.41. The number of rotatable bonds is 3. The molecule has 1 N–H and O–H groups in total. The molecule has 0 aliphatic rings. The quantitative estimate of drug-likeness (QED) is 0.805. The van der Waals surface area contributed by atoms with E-state index in [1.165, 1.54) is 17.0 Å². The first-order valence-electron chi connectivity index (χ1n) is 5.74. The molecule has 0 aliphatic heterocycles. The van der Waals surface area contributed by atoms with E-state index in [0.29, 0.717) is 0 Å². The molecule has 0 amide bonds. The molecule has 0 saturated carbocycles. The normalized spacial score (nSPS) is 10.6. The van der Waals surface area contributed by atoms with E-state index >= 15 is 0 Å². The molecule has 3 rings (SSSR count). The number of anilines is 2. The Kier molecular flexibility index (Phi) is 3.44. The Morgan fingerprint density at radius 2 is 2.00 bits per heavy atom. The van der Waals surface area contributed by atoms with Crippen molar-refractivity contribution in [3.05, 3.63) is 53.8 Å². The van der Waals surface area contributed by atoms with Crippen LogP contribution in [0.15, 0.2) is 36.9 Å². The highest BCUT2D eigenvalue weighted by Crippen LogP contribution is 2.19. The second-order valence-corrected chi connectivity index (χ2v) is 4.29. The van der Waals surface area contributed by atoms with E-state index in [9.17, 15) is 8.78 Å². The van der Waals surface area contributed by atoms with Crippen LogP contribution in [0.1, 0.15) is 0 Å². The van der Waals surface area contributed by atoms with Gasteiger partial charge < -0.3 is 5.32 Å². The standard InChI is InChI=1S/C12H7ClF2N6/c13-10-18-11(17-9-2-1-7(14)5-8(9)15)20-12(19-10)21-4-3-16-6-21/h1-6H,(H,17,18,19,20). The molecule has 9 heteroatoms. The minimum atomic E-state index is -0.768. The number of halogens is 3. The lowest BCUT2D eigenvalue weighted by molar-refractivity contribution is 0.586. The molecule has 21 heavy (non-hydrogen) atoms. The fraction of sp³-hybridized carbons (Fsp3) is 0. The summed E-state index contributed by atoms with van der Waals surface area (Å²) in [6.07, 6.45) is 4.65. The Labute approximate surface area is 122 Å². The Bertz CT molecular complexity index is 777. The summed E-state index contributed by atoms with van der Waals surface area (Å²) in [5.41, 5.74) is 0.0234. The molecule has 0 spiro atoms. The fourth-order valence-corrected chi connectivity index (χ4v) is 1.76. The largest absolute Gasteiger partial charge is 0.321 e. The summed E-state index contributed by atoms with van der Waals surface area (Å²) in [4.78, 5) is 15.7. The Morgan fingerprint density at radius 3 is 2.71 bits per heavy atom. The van der Waals surface area contributed by atoms with Gasteiger partial charge in [-0.05, 0) is 23.7 Å². The Morgan fingerprint density at radius 1 is 1.14 bits per heavy atom. The molecule has 0 unspecified atom stereocenters.